The van der Waals surface area contributed by atoms with Gasteiger partial charge in [-0.15, -0.1) is 0 Å². The quantitative estimate of drug-likeness (QED) is 0.420. The maximum Gasteiger partial charge on any atom is 0.417 e. The summed E-state index contributed by atoms with van der Waals surface area (Å²) in [7, 11) is 0. The Morgan fingerprint density at radius 1 is 0.800 bits per heavy atom. The molecule has 5 heteroatoms. The van der Waals surface area contributed by atoms with Gasteiger partial charge in [-0.2, -0.15) is 13.2 Å². The molecule has 0 N–H and O–H groups in total. The summed E-state index contributed by atoms with van der Waals surface area (Å²) in [5.74, 6) is 0. The Morgan fingerprint density at radius 2 is 1.52 bits per heavy atom. The molecule has 0 atom stereocenters. The lowest BCUT2D eigenvalue weighted by atomic mass is 9.98. The predicted molar refractivity (Wildman–Crippen MR) is 90.4 cm³/mol. The molecule has 2 nitrogen and oxygen atoms in total. The third-order valence-corrected chi connectivity index (χ3v) is 4.19. The van der Waals surface area contributed by atoms with Crippen LogP contribution in [0.1, 0.15) is 5.56 Å². The molecule has 0 saturated carbocycles. The molecular weight excluding hydrogens is 329 g/mol. The Bertz CT molecular complexity index is 1160. The molecule has 0 aliphatic carbocycles. The summed E-state index contributed by atoms with van der Waals surface area (Å²) >= 11 is 0. The van der Waals surface area contributed by atoms with Gasteiger partial charge in [0.2, 0.25) is 5.43 Å². The first kappa shape index (κ1) is 15.4. The van der Waals surface area contributed by atoms with E-state index in [0.717, 1.165) is 17.7 Å². The summed E-state index contributed by atoms with van der Waals surface area (Å²) in [5.41, 5.74) is -1.27. The molecular formula is C20H11F3O2. The normalized spacial score (nSPS) is 12.0. The van der Waals surface area contributed by atoms with Gasteiger partial charge in [0.1, 0.15) is 11.8 Å². The van der Waals surface area contributed by atoms with E-state index in [1.54, 1.807) is 18.2 Å². The van der Waals surface area contributed by atoms with Gasteiger partial charge in [0, 0.05) is 5.56 Å². The summed E-state index contributed by atoms with van der Waals surface area (Å²) in [5, 5.41) is 1.76. The predicted octanol–water partition coefficient (Wildman–Crippen LogP) is 5.63. The third kappa shape index (κ3) is 2.48. The zero-order chi connectivity index (χ0) is 17.6. The van der Waals surface area contributed by atoms with E-state index in [4.69, 9.17) is 4.42 Å². The van der Waals surface area contributed by atoms with E-state index < -0.39 is 17.2 Å². The molecule has 0 unspecified atom stereocenters. The van der Waals surface area contributed by atoms with Crippen LogP contribution >= 0.6 is 0 Å². The van der Waals surface area contributed by atoms with Crippen LogP contribution in [0.2, 0.25) is 0 Å². The van der Waals surface area contributed by atoms with Gasteiger partial charge < -0.3 is 4.42 Å². The van der Waals surface area contributed by atoms with Crippen molar-refractivity contribution in [3.63, 3.8) is 0 Å². The van der Waals surface area contributed by atoms with Crippen molar-refractivity contribution in [3.8, 4) is 11.1 Å². The van der Waals surface area contributed by atoms with Crippen LogP contribution in [0.4, 0.5) is 13.2 Å². The highest BCUT2D eigenvalue weighted by Crippen LogP contribution is 2.36. The van der Waals surface area contributed by atoms with Crippen LogP contribution in [0.25, 0.3) is 32.9 Å². The largest absolute Gasteiger partial charge is 0.463 e. The Labute approximate surface area is 140 Å². The number of hydrogen-bond acceptors (Lipinski definition) is 2. The standard InChI is InChI=1S/C20H11F3O2/c21-20(22,23)16-8-4-3-7-14(16)15-11-25-17-10-9-12-5-1-2-6-13(12)18(17)19(15)24/h1-11H. The lowest BCUT2D eigenvalue weighted by molar-refractivity contribution is -0.137. The highest BCUT2D eigenvalue weighted by atomic mass is 19.4. The minimum atomic E-state index is -4.56. The first-order chi connectivity index (χ1) is 12.0. The molecule has 1 heterocycles. The number of hydrogen-bond donors (Lipinski definition) is 0. The number of benzene rings is 3. The Balaban J connectivity index is 2.11. The van der Waals surface area contributed by atoms with E-state index in [-0.39, 0.29) is 16.5 Å². The van der Waals surface area contributed by atoms with Crippen LogP contribution in [-0.4, -0.2) is 0 Å². The highest BCUT2D eigenvalue weighted by Gasteiger charge is 2.34. The lowest BCUT2D eigenvalue weighted by Crippen LogP contribution is -2.11. The van der Waals surface area contributed by atoms with Gasteiger partial charge in [-0.1, -0.05) is 48.5 Å². The first-order valence-corrected chi connectivity index (χ1v) is 7.56. The SMILES string of the molecule is O=c1c(-c2ccccc2C(F)(F)F)coc2ccc3ccccc3c12. The van der Waals surface area contributed by atoms with E-state index in [0.29, 0.717) is 11.0 Å². The van der Waals surface area contributed by atoms with Crippen molar-refractivity contribution >= 4 is 21.7 Å². The molecule has 25 heavy (non-hydrogen) atoms. The molecule has 0 aliphatic rings. The van der Waals surface area contributed by atoms with E-state index >= 15 is 0 Å². The monoisotopic (exact) mass is 340 g/mol. The van der Waals surface area contributed by atoms with E-state index in [9.17, 15) is 18.0 Å². The summed E-state index contributed by atoms with van der Waals surface area (Å²) in [4.78, 5) is 13.0. The van der Waals surface area contributed by atoms with Crippen molar-refractivity contribution < 1.29 is 17.6 Å². The Kier molecular flexibility index (Phi) is 3.39. The first-order valence-electron chi connectivity index (χ1n) is 7.56. The highest BCUT2D eigenvalue weighted by molar-refractivity contribution is 6.06. The van der Waals surface area contributed by atoms with Gasteiger partial charge >= 0.3 is 6.18 Å². The van der Waals surface area contributed by atoms with Crippen molar-refractivity contribution in [2.75, 3.05) is 0 Å². The molecule has 0 spiro atoms. The summed E-state index contributed by atoms with van der Waals surface area (Å²) in [6.45, 7) is 0. The van der Waals surface area contributed by atoms with E-state index in [1.165, 1.54) is 18.2 Å². The minimum absolute atomic E-state index is 0.100. The molecule has 3 aromatic carbocycles. The average Bonchev–Trinajstić information content (AvgIpc) is 2.61. The van der Waals surface area contributed by atoms with Crippen LogP contribution in [0.3, 0.4) is 0 Å². The number of alkyl halides is 3. The molecule has 0 radical (unpaired) electrons. The van der Waals surface area contributed by atoms with Gasteiger partial charge in [-0.05, 0) is 22.9 Å². The number of halogens is 3. The summed E-state index contributed by atoms with van der Waals surface area (Å²) in [6.07, 6.45) is -3.46. The molecule has 0 aliphatic heterocycles. The van der Waals surface area contributed by atoms with Gasteiger partial charge in [0.25, 0.3) is 0 Å². The van der Waals surface area contributed by atoms with Crippen LogP contribution in [0.5, 0.6) is 0 Å². The topological polar surface area (TPSA) is 30.2 Å². The third-order valence-electron chi connectivity index (χ3n) is 4.19. The van der Waals surface area contributed by atoms with Crippen molar-refractivity contribution in [2.45, 2.75) is 6.18 Å². The fourth-order valence-electron chi connectivity index (χ4n) is 3.05. The van der Waals surface area contributed by atoms with Crippen LogP contribution in [-0.2, 0) is 6.18 Å². The summed E-state index contributed by atoms with van der Waals surface area (Å²) in [6, 6.07) is 15.7. The second-order valence-corrected chi connectivity index (χ2v) is 5.68. The van der Waals surface area contributed by atoms with E-state index in [2.05, 4.69) is 0 Å². The second-order valence-electron chi connectivity index (χ2n) is 5.68. The lowest BCUT2D eigenvalue weighted by Gasteiger charge is -2.12. The Hall–Kier alpha value is -3.08. The zero-order valence-electron chi connectivity index (χ0n) is 12.8. The van der Waals surface area contributed by atoms with Gasteiger partial charge in [-0.25, -0.2) is 0 Å². The maximum atomic E-state index is 13.3. The average molecular weight is 340 g/mol. The molecule has 0 amide bonds. The molecule has 124 valence electrons. The van der Waals surface area contributed by atoms with Crippen molar-refractivity contribution in [2.24, 2.45) is 0 Å². The number of rotatable bonds is 1. The van der Waals surface area contributed by atoms with Crippen LogP contribution in [0.15, 0.2) is 76.1 Å². The van der Waals surface area contributed by atoms with E-state index in [1.807, 2.05) is 18.2 Å². The minimum Gasteiger partial charge on any atom is -0.463 e. The fourth-order valence-corrected chi connectivity index (χ4v) is 3.05. The molecule has 4 rings (SSSR count). The zero-order valence-corrected chi connectivity index (χ0v) is 12.8. The maximum absolute atomic E-state index is 13.3. The Morgan fingerprint density at radius 3 is 2.32 bits per heavy atom. The van der Waals surface area contributed by atoms with Crippen LogP contribution in [0, 0.1) is 0 Å². The van der Waals surface area contributed by atoms with Gasteiger partial charge in [-0.3, -0.25) is 4.79 Å². The van der Waals surface area contributed by atoms with Crippen molar-refractivity contribution in [3.05, 3.63) is 82.7 Å². The molecule has 4 aromatic rings. The van der Waals surface area contributed by atoms with Crippen molar-refractivity contribution in [1.82, 2.24) is 0 Å². The second kappa shape index (κ2) is 5.48. The number of fused-ring (bicyclic) bond motifs is 3. The smallest absolute Gasteiger partial charge is 0.417 e. The van der Waals surface area contributed by atoms with Crippen molar-refractivity contribution in [1.29, 1.82) is 0 Å². The molecule has 0 saturated heterocycles. The van der Waals surface area contributed by atoms with Gasteiger partial charge in [0.05, 0.1) is 16.5 Å². The summed E-state index contributed by atoms with van der Waals surface area (Å²) < 4.78 is 45.4. The fraction of sp³-hybridized carbons (Fsp3) is 0.0500. The molecule has 1 aromatic heterocycles. The molecule has 0 fully saturated rings. The molecule has 0 bridgehead atoms. The van der Waals surface area contributed by atoms with Gasteiger partial charge in [0.15, 0.2) is 0 Å². The van der Waals surface area contributed by atoms with Crippen LogP contribution < -0.4 is 5.43 Å².